The van der Waals surface area contributed by atoms with E-state index < -0.39 is 23.5 Å². The molecule has 1 aromatic rings. The van der Waals surface area contributed by atoms with Gasteiger partial charge in [-0.25, -0.2) is 4.79 Å². The number of carbonyl (C=O) groups is 2. The second-order valence-electron chi connectivity index (χ2n) is 6.77. The second kappa shape index (κ2) is 9.79. The van der Waals surface area contributed by atoms with E-state index in [9.17, 15) is 14.9 Å². The molecule has 0 saturated heterocycles. The molecular weight excluding hydrogens is 360 g/mol. The molecule has 1 aromatic carbocycles. The lowest BCUT2D eigenvalue weighted by Gasteiger charge is -2.32. The first-order chi connectivity index (χ1) is 13.4. The van der Waals surface area contributed by atoms with Crippen molar-refractivity contribution in [3.63, 3.8) is 0 Å². The highest BCUT2D eigenvalue weighted by molar-refractivity contribution is 5.90. The Morgan fingerprint density at radius 1 is 1.18 bits per heavy atom. The Balaban J connectivity index is 1.93. The zero-order valence-corrected chi connectivity index (χ0v) is 16.5. The monoisotopic (exact) mass is 386 g/mol. The predicted octanol–water partition coefficient (Wildman–Crippen LogP) is 2.99. The molecule has 0 aromatic heterocycles. The smallest absolute Gasteiger partial charge is 0.331 e. The van der Waals surface area contributed by atoms with Gasteiger partial charge in [0.05, 0.1) is 20.3 Å². The van der Waals surface area contributed by atoms with Crippen molar-refractivity contribution in [3.8, 4) is 17.6 Å². The fourth-order valence-electron chi connectivity index (χ4n) is 3.15. The van der Waals surface area contributed by atoms with Crippen molar-refractivity contribution in [1.82, 2.24) is 5.32 Å². The van der Waals surface area contributed by atoms with E-state index in [0.29, 0.717) is 24.3 Å². The Morgan fingerprint density at radius 3 is 2.46 bits per heavy atom. The topological polar surface area (TPSA) is 97.6 Å². The molecule has 1 saturated carbocycles. The zero-order valence-electron chi connectivity index (χ0n) is 16.5. The first-order valence-electron chi connectivity index (χ1n) is 9.27. The summed E-state index contributed by atoms with van der Waals surface area (Å²) in [7, 11) is 3.07. The van der Waals surface area contributed by atoms with E-state index in [4.69, 9.17) is 14.2 Å². The molecule has 1 N–H and O–H groups in total. The molecule has 0 bridgehead atoms. The number of nitriles is 1. The molecule has 1 fully saturated rings. The quantitative estimate of drug-likeness (QED) is 0.571. The number of amides is 1. The molecule has 7 nitrogen and oxygen atoms in total. The summed E-state index contributed by atoms with van der Waals surface area (Å²) >= 11 is 0. The molecule has 0 unspecified atom stereocenters. The van der Waals surface area contributed by atoms with Crippen LogP contribution in [0, 0.1) is 11.3 Å². The van der Waals surface area contributed by atoms with Crippen LogP contribution in [0.15, 0.2) is 24.3 Å². The number of hydrogen-bond donors (Lipinski definition) is 1. The molecular formula is C21H26N2O5. The van der Waals surface area contributed by atoms with E-state index in [1.807, 2.05) is 0 Å². The zero-order chi connectivity index (χ0) is 20.6. The Bertz CT molecular complexity index is 775. The van der Waals surface area contributed by atoms with Gasteiger partial charge in [0.1, 0.15) is 5.54 Å². The van der Waals surface area contributed by atoms with Gasteiger partial charge in [-0.15, -0.1) is 0 Å². The van der Waals surface area contributed by atoms with Crippen LogP contribution < -0.4 is 14.8 Å². The minimum absolute atomic E-state index is 0.462. The molecule has 0 heterocycles. The SMILES string of the molecule is COc1ccc(/C=C/C(=O)O[C@@H](C)C(=O)NC2(C#N)CCCCC2)cc1OC. The van der Waals surface area contributed by atoms with Crippen molar-refractivity contribution in [2.75, 3.05) is 14.2 Å². The molecule has 1 amide bonds. The Kier molecular flexibility index (Phi) is 7.44. The van der Waals surface area contributed by atoms with Crippen molar-refractivity contribution in [1.29, 1.82) is 5.26 Å². The molecule has 1 aliphatic rings. The normalized spacial score (nSPS) is 16.6. The van der Waals surface area contributed by atoms with Gasteiger partial charge in [0.25, 0.3) is 5.91 Å². The third-order valence-corrected chi connectivity index (χ3v) is 4.77. The molecule has 1 atom stereocenters. The summed E-state index contributed by atoms with van der Waals surface area (Å²) in [5.74, 6) is 0.0186. The highest BCUT2D eigenvalue weighted by Crippen LogP contribution is 2.28. The van der Waals surface area contributed by atoms with E-state index in [0.717, 1.165) is 24.8 Å². The fraction of sp³-hybridized carbons (Fsp3) is 0.476. The average molecular weight is 386 g/mol. The molecule has 1 aliphatic carbocycles. The van der Waals surface area contributed by atoms with Gasteiger partial charge in [-0.2, -0.15) is 5.26 Å². The lowest BCUT2D eigenvalue weighted by atomic mass is 9.83. The van der Waals surface area contributed by atoms with Crippen LogP contribution in [0.3, 0.4) is 0 Å². The largest absolute Gasteiger partial charge is 0.493 e. The number of ether oxygens (including phenoxy) is 3. The van der Waals surface area contributed by atoms with E-state index in [1.54, 1.807) is 31.4 Å². The fourth-order valence-corrected chi connectivity index (χ4v) is 3.15. The van der Waals surface area contributed by atoms with Gasteiger partial charge < -0.3 is 19.5 Å². The molecule has 28 heavy (non-hydrogen) atoms. The maximum absolute atomic E-state index is 12.3. The van der Waals surface area contributed by atoms with Gasteiger partial charge in [-0.05, 0) is 43.5 Å². The van der Waals surface area contributed by atoms with Crippen LogP contribution in [0.2, 0.25) is 0 Å². The number of methoxy groups -OCH3 is 2. The number of nitrogens with zero attached hydrogens (tertiary/aromatic N) is 1. The lowest BCUT2D eigenvalue weighted by molar-refractivity contribution is -0.150. The number of rotatable bonds is 7. The summed E-state index contributed by atoms with van der Waals surface area (Å²) in [6.45, 7) is 1.49. The van der Waals surface area contributed by atoms with Gasteiger partial charge in [-0.1, -0.05) is 25.3 Å². The van der Waals surface area contributed by atoms with Crippen LogP contribution in [0.25, 0.3) is 6.08 Å². The second-order valence-corrected chi connectivity index (χ2v) is 6.77. The van der Waals surface area contributed by atoms with Crippen molar-refractivity contribution in [2.24, 2.45) is 0 Å². The maximum atomic E-state index is 12.3. The van der Waals surface area contributed by atoms with E-state index in [-0.39, 0.29) is 0 Å². The Labute approximate surface area is 165 Å². The Morgan fingerprint density at radius 2 is 1.86 bits per heavy atom. The molecule has 150 valence electrons. The summed E-state index contributed by atoms with van der Waals surface area (Å²) in [5.41, 5.74) is -0.136. The van der Waals surface area contributed by atoms with Crippen LogP contribution in [0.4, 0.5) is 0 Å². The minimum atomic E-state index is -0.991. The lowest BCUT2D eigenvalue weighted by Crippen LogP contribution is -2.52. The van der Waals surface area contributed by atoms with Gasteiger partial charge in [0.15, 0.2) is 17.6 Å². The molecule has 7 heteroatoms. The van der Waals surface area contributed by atoms with Crippen LogP contribution >= 0.6 is 0 Å². The summed E-state index contributed by atoms with van der Waals surface area (Å²) < 4.78 is 15.5. The van der Waals surface area contributed by atoms with Crippen molar-refractivity contribution in [3.05, 3.63) is 29.8 Å². The standard InChI is InChI=1S/C21H26N2O5/c1-15(20(25)23-21(14-22)11-5-4-6-12-21)28-19(24)10-8-16-7-9-17(26-2)18(13-16)27-3/h7-10,13,15H,4-6,11-12H2,1-3H3,(H,23,25)/b10-8+/t15-/m0/s1. The number of hydrogen-bond acceptors (Lipinski definition) is 6. The van der Waals surface area contributed by atoms with Crippen LogP contribution in [0.1, 0.15) is 44.6 Å². The van der Waals surface area contributed by atoms with Crippen LogP contribution in [0.5, 0.6) is 11.5 Å². The third-order valence-electron chi connectivity index (χ3n) is 4.77. The van der Waals surface area contributed by atoms with E-state index in [1.165, 1.54) is 20.1 Å². The highest BCUT2D eigenvalue weighted by atomic mass is 16.5. The van der Waals surface area contributed by atoms with Crippen LogP contribution in [-0.4, -0.2) is 37.7 Å². The summed E-state index contributed by atoms with van der Waals surface area (Å²) in [6, 6.07) is 7.43. The number of carbonyl (C=O) groups excluding carboxylic acids is 2. The minimum Gasteiger partial charge on any atom is -0.493 e. The highest BCUT2D eigenvalue weighted by Gasteiger charge is 2.35. The van der Waals surface area contributed by atoms with Crippen LogP contribution in [-0.2, 0) is 14.3 Å². The molecule has 0 spiro atoms. The van der Waals surface area contributed by atoms with Crippen molar-refractivity contribution >= 4 is 18.0 Å². The molecule has 0 radical (unpaired) electrons. The maximum Gasteiger partial charge on any atom is 0.331 e. The first kappa shape index (κ1) is 21.3. The Hall–Kier alpha value is -3.01. The number of benzene rings is 1. The van der Waals surface area contributed by atoms with Gasteiger partial charge in [0, 0.05) is 6.08 Å². The first-order valence-corrected chi connectivity index (χ1v) is 9.27. The van der Waals surface area contributed by atoms with Crippen molar-refractivity contribution < 1.29 is 23.8 Å². The van der Waals surface area contributed by atoms with E-state index >= 15 is 0 Å². The molecule has 2 rings (SSSR count). The van der Waals surface area contributed by atoms with Gasteiger partial charge in [0.2, 0.25) is 0 Å². The van der Waals surface area contributed by atoms with Gasteiger partial charge in [-0.3, -0.25) is 4.79 Å². The molecule has 0 aliphatic heterocycles. The number of esters is 1. The van der Waals surface area contributed by atoms with E-state index in [2.05, 4.69) is 11.4 Å². The predicted molar refractivity (Wildman–Crippen MR) is 104 cm³/mol. The average Bonchev–Trinajstić information content (AvgIpc) is 2.72. The summed E-state index contributed by atoms with van der Waals surface area (Å²) in [4.78, 5) is 24.4. The number of nitrogens with one attached hydrogen (secondary N) is 1. The van der Waals surface area contributed by atoms with Crippen molar-refractivity contribution in [2.45, 2.75) is 50.7 Å². The third kappa shape index (κ3) is 5.49. The summed E-state index contributed by atoms with van der Waals surface area (Å²) in [5, 5.41) is 12.2. The summed E-state index contributed by atoms with van der Waals surface area (Å²) in [6.07, 6.45) is 5.91. The van der Waals surface area contributed by atoms with Gasteiger partial charge >= 0.3 is 5.97 Å².